The Bertz CT molecular complexity index is 941. The smallest absolute Gasteiger partial charge is 0.376 e. The molecule has 2 aromatic rings. The molecule has 1 N–H and O–H groups in total. The molecule has 2 aliphatic rings. The van der Waals surface area contributed by atoms with E-state index >= 15 is 0 Å². The Balaban J connectivity index is 1.82. The van der Waals surface area contributed by atoms with Crippen LogP contribution in [-0.4, -0.2) is 4.92 Å². The third-order valence-electron chi connectivity index (χ3n) is 5.24. The molecule has 1 heterocycles. The van der Waals surface area contributed by atoms with Gasteiger partial charge in [-0.1, -0.05) is 35.9 Å². The lowest BCUT2D eigenvalue weighted by atomic mass is 9.75. The molecule has 4 nitrogen and oxygen atoms in total. The molecule has 8 heteroatoms. The summed E-state index contributed by atoms with van der Waals surface area (Å²) in [5.41, 5.74) is 0.513. The molecule has 140 valence electrons. The number of nitro groups is 1. The van der Waals surface area contributed by atoms with E-state index < -0.39 is 22.6 Å². The zero-order chi connectivity index (χ0) is 19.3. The molecule has 0 fully saturated rings. The Kier molecular flexibility index (Phi) is 4.14. The van der Waals surface area contributed by atoms with Crippen molar-refractivity contribution in [2.75, 3.05) is 5.32 Å². The SMILES string of the molecule is O=[N+]([O-])c1ccc([C@H]2Nc3c(Cl)ccc(C(F)(F)F)c3[C@H]3C=CC[C@H]32)cc1. The Morgan fingerprint density at radius 3 is 2.48 bits per heavy atom. The van der Waals surface area contributed by atoms with Crippen LogP contribution in [0.1, 0.15) is 35.1 Å². The monoisotopic (exact) mass is 394 g/mol. The number of fused-ring (bicyclic) bond motifs is 3. The van der Waals surface area contributed by atoms with Crippen LogP contribution < -0.4 is 5.32 Å². The van der Waals surface area contributed by atoms with Crippen molar-refractivity contribution in [3.8, 4) is 0 Å². The summed E-state index contributed by atoms with van der Waals surface area (Å²) in [6.45, 7) is 0. The molecule has 4 rings (SSSR count). The molecule has 0 bridgehead atoms. The van der Waals surface area contributed by atoms with Crippen molar-refractivity contribution in [3.05, 3.63) is 80.4 Å². The van der Waals surface area contributed by atoms with Crippen LogP contribution in [-0.2, 0) is 6.18 Å². The lowest BCUT2D eigenvalue weighted by molar-refractivity contribution is -0.384. The van der Waals surface area contributed by atoms with Crippen LogP contribution >= 0.6 is 11.6 Å². The van der Waals surface area contributed by atoms with Gasteiger partial charge in [0.15, 0.2) is 0 Å². The number of non-ortho nitro benzene ring substituents is 1. The zero-order valence-corrected chi connectivity index (χ0v) is 14.6. The average molecular weight is 395 g/mol. The van der Waals surface area contributed by atoms with Crippen molar-refractivity contribution in [2.45, 2.75) is 24.6 Å². The molecule has 0 saturated carbocycles. The largest absolute Gasteiger partial charge is 0.416 e. The predicted molar refractivity (Wildman–Crippen MR) is 95.9 cm³/mol. The number of hydrogen-bond donors (Lipinski definition) is 1. The van der Waals surface area contributed by atoms with Crippen LogP contribution in [0, 0.1) is 16.0 Å². The summed E-state index contributed by atoms with van der Waals surface area (Å²) in [6, 6.07) is 8.06. The zero-order valence-electron chi connectivity index (χ0n) is 13.8. The lowest BCUT2D eigenvalue weighted by Gasteiger charge is -2.39. The second-order valence-corrected chi connectivity index (χ2v) is 7.11. The summed E-state index contributed by atoms with van der Waals surface area (Å²) in [6.07, 6.45) is -0.181. The van der Waals surface area contributed by atoms with Crippen molar-refractivity contribution in [1.29, 1.82) is 0 Å². The number of allylic oxidation sites excluding steroid dienone is 2. The maximum Gasteiger partial charge on any atom is 0.416 e. The van der Waals surface area contributed by atoms with Gasteiger partial charge in [-0.2, -0.15) is 13.2 Å². The van der Waals surface area contributed by atoms with Gasteiger partial charge >= 0.3 is 6.18 Å². The second kappa shape index (κ2) is 6.27. The van der Waals surface area contributed by atoms with E-state index in [4.69, 9.17) is 11.6 Å². The molecule has 0 saturated heterocycles. The molecule has 0 spiro atoms. The van der Waals surface area contributed by atoms with Gasteiger partial charge in [0.05, 0.1) is 27.2 Å². The van der Waals surface area contributed by atoms with Gasteiger partial charge in [-0.25, -0.2) is 0 Å². The van der Waals surface area contributed by atoms with Crippen LogP contribution in [0.2, 0.25) is 5.02 Å². The molecule has 1 aliphatic heterocycles. The van der Waals surface area contributed by atoms with Crippen LogP contribution in [0.25, 0.3) is 0 Å². The highest BCUT2D eigenvalue weighted by Gasteiger charge is 2.44. The summed E-state index contributed by atoms with van der Waals surface area (Å²) in [7, 11) is 0. The van der Waals surface area contributed by atoms with Gasteiger partial charge in [-0.15, -0.1) is 0 Å². The van der Waals surface area contributed by atoms with Crippen molar-refractivity contribution < 1.29 is 18.1 Å². The first kappa shape index (κ1) is 17.9. The topological polar surface area (TPSA) is 55.2 Å². The van der Waals surface area contributed by atoms with E-state index in [-0.39, 0.29) is 33.9 Å². The average Bonchev–Trinajstić information content (AvgIpc) is 3.10. The molecule has 0 aromatic heterocycles. The van der Waals surface area contributed by atoms with Crippen molar-refractivity contribution in [2.24, 2.45) is 5.92 Å². The third kappa shape index (κ3) is 2.96. The first-order valence-corrected chi connectivity index (χ1v) is 8.72. The van der Waals surface area contributed by atoms with Crippen LogP contribution in [0.15, 0.2) is 48.6 Å². The molecule has 3 atom stereocenters. The van der Waals surface area contributed by atoms with Gasteiger partial charge in [0, 0.05) is 18.1 Å². The molecular weight excluding hydrogens is 381 g/mol. The van der Waals surface area contributed by atoms with Gasteiger partial charge < -0.3 is 5.32 Å². The van der Waals surface area contributed by atoms with E-state index in [0.29, 0.717) is 6.42 Å². The number of benzene rings is 2. The third-order valence-corrected chi connectivity index (χ3v) is 5.55. The maximum absolute atomic E-state index is 13.5. The van der Waals surface area contributed by atoms with Gasteiger partial charge in [0.2, 0.25) is 0 Å². The first-order chi connectivity index (χ1) is 12.8. The molecule has 1 aliphatic carbocycles. The summed E-state index contributed by atoms with van der Waals surface area (Å²) in [5, 5.41) is 14.3. The standard InChI is InChI=1S/C19H14ClF3N2O2/c20-15-9-8-14(19(21,22)23)16-12-2-1-3-13(12)17(24-18(15)16)10-4-6-11(7-5-10)25(26)27/h1-2,4-9,12-13,17,24H,3H2/t12-,13+,17+/m0/s1. The van der Waals surface area contributed by atoms with E-state index in [9.17, 15) is 23.3 Å². The number of halogens is 4. The number of nitrogens with zero attached hydrogens (tertiary/aromatic N) is 1. The van der Waals surface area contributed by atoms with Crippen LogP contribution in [0.4, 0.5) is 24.5 Å². The Morgan fingerprint density at radius 1 is 1.15 bits per heavy atom. The van der Waals surface area contributed by atoms with Gasteiger partial charge in [0.1, 0.15) is 0 Å². The highest BCUT2D eigenvalue weighted by Crippen LogP contribution is 2.54. The molecular formula is C19H14ClF3N2O2. The maximum atomic E-state index is 13.5. The number of rotatable bonds is 2. The highest BCUT2D eigenvalue weighted by molar-refractivity contribution is 6.33. The number of hydrogen-bond acceptors (Lipinski definition) is 3. The minimum atomic E-state index is -4.47. The molecule has 0 unspecified atom stereocenters. The summed E-state index contributed by atoms with van der Waals surface area (Å²) >= 11 is 6.23. The van der Waals surface area contributed by atoms with E-state index in [2.05, 4.69) is 5.32 Å². The fourth-order valence-corrected chi connectivity index (χ4v) is 4.27. The van der Waals surface area contributed by atoms with E-state index in [0.717, 1.165) is 11.6 Å². The minimum absolute atomic E-state index is 0.0338. The minimum Gasteiger partial charge on any atom is -0.376 e. The Hall–Kier alpha value is -2.54. The lowest BCUT2D eigenvalue weighted by Crippen LogP contribution is -2.31. The van der Waals surface area contributed by atoms with Gasteiger partial charge in [0.25, 0.3) is 5.69 Å². The first-order valence-electron chi connectivity index (χ1n) is 8.34. The van der Waals surface area contributed by atoms with Crippen LogP contribution in [0.3, 0.4) is 0 Å². The van der Waals surface area contributed by atoms with Gasteiger partial charge in [-0.05, 0) is 35.6 Å². The normalized spacial score (nSPS) is 23.5. The molecule has 2 aromatic carbocycles. The van der Waals surface area contributed by atoms with Gasteiger partial charge in [-0.3, -0.25) is 10.1 Å². The number of alkyl halides is 3. The van der Waals surface area contributed by atoms with Crippen molar-refractivity contribution >= 4 is 23.0 Å². The predicted octanol–water partition coefficient (Wildman–Crippen LogP) is 6.09. The van der Waals surface area contributed by atoms with Crippen molar-refractivity contribution in [1.82, 2.24) is 0 Å². The van der Waals surface area contributed by atoms with E-state index in [1.807, 2.05) is 6.08 Å². The Labute approximate surface area is 157 Å². The Morgan fingerprint density at radius 2 is 1.85 bits per heavy atom. The number of nitrogens with one attached hydrogen (secondary N) is 1. The van der Waals surface area contributed by atoms with Crippen LogP contribution in [0.5, 0.6) is 0 Å². The number of nitro benzene ring substituents is 1. The molecule has 27 heavy (non-hydrogen) atoms. The van der Waals surface area contributed by atoms with Crippen molar-refractivity contribution in [3.63, 3.8) is 0 Å². The fourth-order valence-electron chi connectivity index (χ4n) is 4.05. The molecule has 0 radical (unpaired) electrons. The van der Waals surface area contributed by atoms with E-state index in [1.165, 1.54) is 18.2 Å². The second-order valence-electron chi connectivity index (χ2n) is 6.71. The number of anilines is 1. The fraction of sp³-hybridized carbons (Fsp3) is 0.263. The van der Waals surface area contributed by atoms with E-state index in [1.54, 1.807) is 18.2 Å². The highest BCUT2D eigenvalue weighted by atomic mass is 35.5. The summed E-state index contributed by atoms with van der Waals surface area (Å²) < 4.78 is 40.6. The molecule has 0 amide bonds. The quantitative estimate of drug-likeness (QED) is 0.380. The summed E-state index contributed by atoms with van der Waals surface area (Å²) in [4.78, 5) is 10.4. The summed E-state index contributed by atoms with van der Waals surface area (Å²) in [5.74, 6) is -0.546.